The van der Waals surface area contributed by atoms with Gasteiger partial charge in [-0.15, -0.1) is 0 Å². The molecule has 7 nitrogen and oxygen atoms in total. The number of carbonyl (C=O) groups excluding carboxylic acids is 2. The minimum Gasteiger partial charge on any atom is -0.426 e. The quantitative estimate of drug-likeness (QED) is 0.476. The van der Waals surface area contributed by atoms with E-state index >= 15 is 0 Å². The van der Waals surface area contributed by atoms with Gasteiger partial charge < -0.3 is 20.7 Å². The highest BCUT2D eigenvalue weighted by Crippen LogP contribution is 2.26. The van der Waals surface area contributed by atoms with Gasteiger partial charge in [0.1, 0.15) is 6.04 Å². The van der Waals surface area contributed by atoms with Gasteiger partial charge in [-0.2, -0.15) is 0 Å². The first-order valence-corrected chi connectivity index (χ1v) is 11.2. The fraction of sp³-hybridized carbons (Fsp3) is 0.417. The van der Waals surface area contributed by atoms with Crippen molar-refractivity contribution in [2.75, 3.05) is 11.4 Å². The summed E-state index contributed by atoms with van der Waals surface area (Å²) in [6.45, 7) is 4.46. The van der Waals surface area contributed by atoms with Crippen molar-refractivity contribution in [1.82, 2.24) is 10.6 Å². The second kappa shape index (κ2) is 11.2. The Bertz CT molecular complexity index is 907. The van der Waals surface area contributed by atoms with E-state index in [4.69, 9.17) is 0 Å². The predicted octanol–water partition coefficient (Wildman–Crippen LogP) is 2.30. The SMILES string of the molecule is CC(C)C[C@H](NC(=O)[C@H](Cc1ccccc1)NC(=O)N1CCCc2ccccc21)B(O)O. The van der Waals surface area contributed by atoms with E-state index in [1.165, 1.54) is 0 Å². The van der Waals surface area contributed by atoms with Crippen LogP contribution >= 0.6 is 0 Å². The molecule has 0 aromatic heterocycles. The molecule has 3 amide bonds. The number of amides is 3. The van der Waals surface area contributed by atoms with Crippen LogP contribution in [0.4, 0.5) is 10.5 Å². The maximum atomic E-state index is 13.2. The van der Waals surface area contributed by atoms with E-state index in [9.17, 15) is 19.6 Å². The van der Waals surface area contributed by atoms with Crippen LogP contribution < -0.4 is 15.5 Å². The fourth-order valence-electron chi connectivity index (χ4n) is 4.08. The Labute approximate surface area is 190 Å². The van der Waals surface area contributed by atoms with E-state index in [2.05, 4.69) is 10.6 Å². The molecule has 1 aliphatic heterocycles. The molecule has 1 heterocycles. The molecule has 0 aliphatic carbocycles. The first-order chi connectivity index (χ1) is 15.3. The smallest absolute Gasteiger partial charge is 0.426 e. The van der Waals surface area contributed by atoms with Crippen LogP contribution in [-0.4, -0.2) is 47.6 Å². The van der Waals surface area contributed by atoms with Crippen LogP contribution in [0.15, 0.2) is 54.6 Å². The monoisotopic (exact) mass is 437 g/mol. The maximum Gasteiger partial charge on any atom is 0.475 e. The lowest BCUT2D eigenvalue weighted by Gasteiger charge is -2.31. The summed E-state index contributed by atoms with van der Waals surface area (Å²) in [4.78, 5) is 28.0. The third kappa shape index (κ3) is 6.34. The fourth-order valence-corrected chi connectivity index (χ4v) is 4.08. The molecule has 0 spiro atoms. The average molecular weight is 437 g/mol. The maximum absolute atomic E-state index is 13.2. The third-order valence-corrected chi connectivity index (χ3v) is 5.67. The highest BCUT2D eigenvalue weighted by atomic mass is 16.4. The number of hydrogen-bond donors (Lipinski definition) is 4. The van der Waals surface area contributed by atoms with Crippen LogP contribution in [0.2, 0.25) is 0 Å². The molecular weight excluding hydrogens is 405 g/mol. The van der Waals surface area contributed by atoms with Crippen LogP contribution in [0.5, 0.6) is 0 Å². The molecule has 2 atom stereocenters. The van der Waals surface area contributed by atoms with Gasteiger partial charge in [-0.05, 0) is 42.4 Å². The number of fused-ring (bicyclic) bond motifs is 1. The molecular formula is C24H32BN3O4. The summed E-state index contributed by atoms with van der Waals surface area (Å²) >= 11 is 0. The molecule has 0 bridgehead atoms. The summed E-state index contributed by atoms with van der Waals surface area (Å²) < 4.78 is 0. The average Bonchev–Trinajstić information content (AvgIpc) is 2.78. The lowest BCUT2D eigenvalue weighted by atomic mass is 9.75. The Hall–Kier alpha value is -2.84. The Morgan fingerprint density at radius 3 is 2.41 bits per heavy atom. The number of nitrogens with zero attached hydrogens (tertiary/aromatic N) is 1. The summed E-state index contributed by atoms with van der Waals surface area (Å²) in [6, 6.07) is 16.1. The van der Waals surface area contributed by atoms with E-state index < -0.39 is 25.0 Å². The van der Waals surface area contributed by atoms with Crippen molar-refractivity contribution in [3.8, 4) is 0 Å². The van der Waals surface area contributed by atoms with Crippen molar-refractivity contribution < 1.29 is 19.6 Å². The highest BCUT2D eigenvalue weighted by Gasteiger charge is 2.31. The normalized spacial score (nSPS) is 15.0. The summed E-state index contributed by atoms with van der Waals surface area (Å²) in [5, 5.41) is 25.1. The zero-order valence-corrected chi connectivity index (χ0v) is 18.7. The molecule has 0 radical (unpaired) electrons. The Balaban J connectivity index is 1.78. The second-order valence-electron chi connectivity index (χ2n) is 8.73. The zero-order valence-electron chi connectivity index (χ0n) is 18.7. The third-order valence-electron chi connectivity index (χ3n) is 5.67. The molecule has 8 heteroatoms. The number of anilines is 1. The molecule has 0 saturated carbocycles. The Kier molecular flexibility index (Phi) is 8.30. The van der Waals surface area contributed by atoms with Gasteiger partial charge in [0, 0.05) is 18.7 Å². The van der Waals surface area contributed by atoms with E-state index in [1.54, 1.807) is 4.90 Å². The lowest BCUT2D eigenvalue weighted by Crippen LogP contribution is -2.57. The summed E-state index contributed by atoms with van der Waals surface area (Å²) in [5.74, 6) is -1.09. The van der Waals surface area contributed by atoms with Crippen LogP contribution in [0.3, 0.4) is 0 Å². The molecule has 170 valence electrons. The van der Waals surface area contributed by atoms with E-state index in [1.807, 2.05) is 68.4 Å². The van der Waals surface area contributed by atoms with Crippen molar-refractivity contribution in [2.45, 2.75) is 51.5 Å². The minimum atomic E-state index is -1.68. The van der Waals surface area contributed by atoms with Crippen molar-refractivity contribution in [3.63, 3.8) is 0 Å². The van der Waals surface area contributed by atoms with Crippen LogP contribution in [0.1, 0.15) is 37.8 Å². The molecule has 0 unspecified atom stereocenters. The number of aryl methyl sites for hydroxylation is 1. The molecule has 32 heavy (non-hydrogen) atoms. The topological polar surface area (TPSA) is 102 Å². The van der Waals surface area contributed by atoms with Gasteiger partial charge >= 0.3 is 13.1 Å². The highest BCUT2D eigenvalue weighted by molar-refractivity contribution is 6.43. The van der Waals surface area contributed by atoms with E-state index in [-0.39, 0.29) is 11.9 Å². The number of para-hydroxylation sites is 1. The van der Waals surface area contributed by atoms with Crippen LogP contribution in [0.25, 0.3) is 0 Å². The number of nitrogens with one attached hydrogen (secondary N) is 2. The summed E-state index contributed by atoms with van der Waals surface area (Å²) in [7, 11) is -1.68. The molecule has 2 aromatic carbocycles. The Morgan fingerprint density at radius 2 is 1.72 bits per heavy atom. The van der Waals surface area contributed by atoms with Crippen molar-refractivity contribution in [1.29, 1.82) is 0 Å². The van der Waals surface area contributed by atoms with Gasteiger partial charge in [-0.1, -0.05) is 62.4 Å². The zero-order chi connectivity index (χ0) is 23.1. The molecule has 1 aliphatic rings. The molecule has 4 N–H and O–H groups in total. The van der Waals surface area contributed by atoms with Gasteiger partial charge in [-0.25, -0.2) is 4.79 Å². The van der Waals surface area contributed by atoms with Gasteiger partial charge in [0.2, 0.25) is 5.91 Å². The number of rotatable bonds is 8. The molecule has 0 saturated heterocycles. The largest absolute Gasteiger partial charge is 0.475 e. The molecule has 0 fully saturated rings. The number of urea groups is 1. The number of hydrogen-bond acceptors (Lipinski definition) is 4. The standard InChI is InChI=1S/C24H32BN3O4/c1-17(2)15-22(25(31)32)27-23(29)20(16-18-9-4-3-5-10-18)26-24(30)28-14-8-12-19-11-6-7-13-21(19)28/h3-7,9-11,13,17,20,22,31-32H,8,12,14-16H2,1-2H3,(H,26,30)(H,27,29)/t20-,22-/m0/s1. The number of benzene rings is 2. The van der Waals surface area contributed by atoms with E-state index in [0.717, 1.165) is 29.7 Å². The van der Waals surface area contributed by atoms with Crippen LogP contribution in [-0.2, 0) is 17.6 Å². The van der Waals surface area contributed by atoms with Gasteiger partial charge in [0.05, 0.1) is 5.94 Å². The van der Waals surface area contributed by atoms with Crippen molar-refractivity contribution in [2.24, 2.45) is 5.92 Å². The first kappa shape index (κ1) is 23.8. The Morgan fingerprint density at radius 1 is 1.03 bits per heavy atom. The van der Waals surface area contributed by atoms with Gasteiger partial charge in [0.25, 0.3) is 0 Å². The minimum absolute atomic E-state index is 0.161. The second-order valence-corrected chi connectivity index (χ2v) is 8.73. The van der Waals surface area contributed by atoms with E-state index in [0.29, 0.717) is 19.4 Å². The summed E-state index contributed by atoms with van der Waals surface area (Å²) in [5.41, 5.74) is 2.87. The van der Waals surface area contributed by atoms with Crippen molar-refractivity contribution in [3.05, 3.63) is 65.7 Å². The number of carbonyl (C=O) groups is 2. The summed E-state index contributed by atoms with van der Waals surface area (Å²) in [6.07, 6.45) is 2.48. The van der Waals surface area contributed by atoms with Crippen molar-refractivity contribution >= 4 is 24.7 Å². The first-order valence-electron chi connectivity index (χ1n) is 11.2. The van der Waals surface area contributed by atoms with Crippen LogP contribution in [0, 0.1) is 5.92 Å². The predicted molar refractivity (Wildman–Crippen MR) is 126 cm³/mol. The van der Waals surface area contributed by atoms with Gasteiger partial charge in [0.15, 0.2) is 0 Å². The lowest BCUT2D eigenvalue weighted by molar-refractivity contribution is -0.123. The molecule has 2 aromatic rings. The van der Waals surface area contributed by atoms with Gasteiger partial charge in [-0.3, -0.25) is 9.69 Å². The molecule has 3 rings (SSSR count).